The molecule has 2 heteroatoms. The summed E-state index contributed by atoms with van der Waals surface area (Å²) in [7, 11) is 0. The summed E-state index contributed by atoms with van der Waals surface area (Å²) in [5, 5.41) is 4.66. The van der Waals surface area contributed by atoms with Crippen LogP contribution in [0.3, 0.4) is 0 Å². The summed E-state index contributed by atoms with van der Waals surface area (Å²) in [6.45, 7) is 4.09. The highest BCUT2D eigenvalue weighted by Gasteiger charge is 1.99. The van der Waals surface area contributed by atoms with Crippen LogP contribution in [0.1, 0.15) is 12.5 Å². The van der Waals surface area contributed by atoms with Crippen LogP contribution in [-0.2, 0) is 6.54 Å². The molecule has 1 aromatic carbocycles. The van der Waals surface area contributed by atoms with Gasteiger partial charge in [0.25, 0.3) is 0 Å². The first-order valence-electron chi connectivity index (χ1n) is 4.67. The molecule has 2 nitrogen and oxygen atoms in total. The summed E-state index contributed by atoms with van der Waals surface area (Å²) in [5.74, 6) is 0. The lowest BCUT2D eigenvalue weighted by molar-refractivity contribution is 0.730. The summed E-state index contributed by atoms with van der Waals surface area (Å²) < 4.78 is 0. The van der Waals surface area contributed by atoms with E-state index in [1.165, 1.54) is 16.5 Å². The molecule has 0 bridgehead atoms. The SMILES string of the molecule is CCNCc1cccc2[nH]ccc12. The number of aromatic amines is 1. The minimum Gasteiger partial charge on any atom is -0.361 e. The number of hydrogen-bond acceptors (Lipinski definition) is 1. The van der Waals surface area contributed by atoms with Crippen LogP contribution in [0.25, 0.3) is 10.9 Å². The Bertz CT molecular complexity index is 390. The molecular formula is C11H14N2. The summed E-state index contributed by atoms with van der Waals surface area (Å²) in [6, 6.07) is 8.48. The van der Waals surface area contributed by atoms with Gasteiger partial charge in [-0.1, -0.05) is 19.1 Å². The Morgan fingerprint density at radius 1 is 1.31 bits per heavy atom. The fraction of sp³-hybridized carbons (Fsp3) is 0.273. The largest absolute Gasteiger partial charge is 0.361 e. The second kappa shape index (κ2) is 3.62. The van der Waals surface area contributed by atoms with Crippen LogP contribution >= 0.6 is 0 Å². The van der Waals surface area contributed by atoms with E-state index in [0.29, 0.717) is 0 Å². The Kier molecular flexibility index (Phi) is 2.32. The molecule has 0 aliphatic carbocycles. The number of H-pyrrole nitrogens is 1. The molecule has 0 atom stereocenters. The lowest BCUT2D eigenvalue weighted by Crippen LogP contribution is -2.11. The van der Waals surface area contributed by atoms with Gasteiger partial charge in [-0.3, -0.25) is 0 Å². The average molecular weight is 174 g/mol. The van der Waals surface area contributed by atoms with Crippen LogP contribution < -0.4 is 5.32 Å². The fourth-order valence-corrected chi connectivity index (χ4v) is 1.56. The predicted molar refractivity (Wildman–Crippen MR) is 55.7 cm³/mol. The number of fused-ring (bicyclic) bond motifs is 1. The Labute approximate surface area is 78.0 Å². The van der Waals surface area contributed by atoms with Crippen molar-refractivity contribution in [3.8, 4) is 0 Å². The Morgan fingerprint density at radius 3 is 3.08 bits per heavy atom. The van der Waals surface area contributed by atoms with E-state index in [2.05, 4.69) is 41.5 Å². The van der Waals surface area contributed by atoms with Crippen LogP contribution in [0, 0.1) is 0 Å². The molecule has 0 fully saturated rings. The molecule has 68 valence electrons. The number of nitrogens with one attached hydrogen (secondary N) is 2. The number of aromatic nitrogens is 1. The van der Waals surface area contributed by atoms with Crippen LogP contribution in [0.4, 0.5) is 0 Å². The molecule has 0 spiro atoms. The highest BCUT2D eigenvalue weighted by molar-refractivity contribution is 5.82. The van der Waals surface area contributed by atoms with Gasteiger partial charge in [0.15, 0.2) is 0 Å². The average Bonchev–Trinajstić information content (AvgIpc) is 2.62. The molecule has 0 aliphatic rings. The van der Waals surface area contributed by atoms with Gasteiger partial charge in [-0.05, 0) is 24.2 Å². The topological polar surface area (TPSA) is 27.8 Å². The van der Waals surface area contributed by atoms with Gasteiger partial charge in [0.2, 0.25) is 0 Å². The van der Waals surface area contributed by atoms with Crippen LogP contribution in [0.5, 0.6) is 0 Å². The van der Waals surface area contributed by atoms with Crippen molar-refractivity contribution < 1.29 is 0 Å². The number of rotatable bonds is 3. The van der Waals surface area contributed by atoms with Gasteiger partial charge in [-0.25, -0.2) is 0 Å². The highest BCUT2D eigenvalue weighted by Crippen LogP contribution is 2.16. The Hall–Kier alpha value is -1.28. The normalized spacial score (nSPS) is 10.8. The van der Waals surface area contributed by atoms with Gasteiger partial charge in [-0.2, -0.15) is 0 Å². The standard InChI is InChI=1S/C11H14N2/c1-2-12-8-9-4-3-5-11-10(9)6-7-13-11/h3-7,12-13H,2,8H2,1H3. The lowest BCUT2D eigenvalue weighted by Gasteiger charge is -2.03. The molecule has 0 amide bonds. The molecule has 0 unspecified atom stereocenters. The quantitative estimate of drug-likeness (QED) is 0.734. The lowest BCUT2D eigenvalue weighted by atomic mass is 10.1. The van der Waals surface area contributed by atoms with E-state index >= 15 is 0 Å². The zero-order valence-electron chi connectivity index (χ0n) is 7.80. The second-order valence-electron chi connectivity index (χ2n) is 3.14. The van der Waals surface area contributed by atoms with E-state index < -0.39 is 0 Å². The van der Waals surface area contributed by atoms with Crippen LogP contribution in [0.15, 0.2) is 30.5 Å². The van der Waals surface area contributed by atoms with Crippen molar-refractivity contribution in [1.29, 1.82) is 0 Å². The summed E-state index contributed by atoms with van der Waals surface area (Å²) >= 11 is 0. The molecular weight excluding hydrogens is 160 g/mol. The van der Waals surface area contributed by atoms with E-state index in [-0.39, 0.29) is 0 Å². The Balaban J connectivity index is 2.37. The minimum absolute atomic E-state index is 0.950. The first-order valence-corrected chi connectivity index (χ1v) is 4.67. The zero-order valence-corrected chi connectivity index (χ0v) is 7.80. The van der Waals surface area contributed by atoms with Crippen molar-refractivity contribution >= 4 is 10.9 Å². The minimum atomic E-state index is 0.950. The second-order valence-corrected chi connectivity index (χ2v) is 3.14. The van der Waals surface area contributed by atoms with Gasteiger partial charge in [-0.15, -0.1) is 0 Å². The molecule has 1 aromatic heterocycles. The summed E-state index contributed by atoms with van der Waals surface area (Å²) in [6.07, 6.45) is 1.99. The van der Waals surface area contributed by atoms with Gasteiger partial charge in [0.1, 0.15) is 0 Å². The number of benzene rings is 1. The molecule has 13 heavy (non-hydrogen) atoms. The van der Waals surface area contributed by atoms with Crippen molar-refractivity contribution in [3.05, 3.63) is 36.0 Å². The van der Waals surface area contributed by atoms with Gasteiger partial charge in [0, 0.05) is 23.6 Å². The monoisotopic (exact) mass is 174 g/mol. The fourth-order valence-electron chi connectivity index (χ4n) is 1.56. The van der Waals surface area contributed by atoms with E-state index in [9.17, 15) is 0 Å². The first kappa shape index (κ1) is 8.32. The molecule has 2 aromatic rings. The third-order valence-electron chi connectivity index (χ3n) is 2.25. The van der Waals surface area contributed by atoms with Crippen molar-refractivity contribution in [2.45, 2.75) is 13.5 Å². The van der Waals surface area contributed by atoms with E-state index in [1.807, 2.05) is 6.20 Å². The predicted octanol–water partition coefficient (Wildman–Crippen LogP) is 2.28. The zero-order chi connectivity index (χ0) is 9.10. The highest BCUT2D eigenvalue weighted by atomic mass is 14.8. The van der Waals surface area contributed by atoms with Crippen molar-refractivity contribution in [2.75, 3.05) is 6.54 Å². The third-order valence-corrected chi connectivity index (χ3v) is 2.25. The molecule has 0 saturated heterocycles. The van der Waals surface area contributed by atoms with Gasteiger partial charge in [0.05, 0.1) is 0 Å². The summed E-state index contributed by atoms with van der Waals surface area (Å²) in [5.41, 5.74) is 2.58. The van der Waals surface area contributed by atoms with Crippen LogP contribution in [0.2, 0.25) is 0 Å². The molecule has 0 radical (unpaired) electrons. The van der Waals surface area contributed by atoms with Crippen LogP contribution in [-0.4, -0.2) is 11.5 Å². The van der Waals surface area contributed by atoms with Crippen molar-refractivity contribution in [3.63, 3.8) is 0 Å². The first-order chi connectivity index (χ1) is 6.42. The van der Waals surface area contributed by atoms with E-state index in [0.717, 1.165) is 13.1 Å². The molecule has 1 heterocycles. The summed E-state index contributed by atoms with van der Waals surface area (Å²) in [4.78, 5) is 3.21. The Morgan fingerprint density at radius 2 is 2.23 bits per heavy atom. The maximum atomic E-state index is 3.33. The van der Waals surface area contributed by atoms with E-state index in [1.54, 1.807) is 0 Å². The number of hydrogen-bond donors (Lipinski definition) is 2. The van der Waals surface area contributed by atoms with Gasteiger partial charge >= 0.3 is 0 Å². The van der Waals surface area contributed by atoms with Crippen molar-refractivity contribution in [1.82, 2.24) is 10.3 Å². The maximum absolute atomic E-state index is 3.33. The third kappa shape index (κ3) is 1.58. The molecule has 2 rings (SSSR count). The smallest absolute Gasteiger partial charge is 0.0457 e. The van der Waals surface area contributed by atoms with Crippen molar-refractivity contribution in [2.24, 2.45) is 0 Å². The molecule has 2 N–H and O–H groups in total. The van der Waals surface area contributed by atoms with Gasteiger partial charge < -0.3 is 10.3 Å². The molecule has 0 aliphatic heterocycles. The molecule has 0 saturated carbocycles. The van der Waals surface area contributed by atoms with E-state index in [4.69, 9.17) is 0 Å². The maximum Gasteiger partial charge on any atom is 0.0457 e.